The lowest BCUT2D eigenvalue weighted by atomic mass is 10.1. The lowest BCUT2D eigenvalue weighted by Crippen LogP contribution is -2.28. The lowest BCUT2D eigenvalue weighted by Gasteiger charge is -2.16. The maximum Gasteiger partial charge on any atom is 0.287 e. The molecule has 0 aliphatic carbocycles. The van der Waals surface area contributed by atoms with Crippen LogP contribution in [0.5, 0.6) is 0 Å². The van der Waals surface area contributed by atoms with Gasteiger partial charge in [0.2, 0.25) is 0 Å². The van der Waals surface area contributed by atoms with E-state index in [4.69, 9.17) is 9.40 Å². The molecule has 0 saturated carbocycles. The van der Waals surface area contributed by atoms with Gasteiger partial charge < -0.3 is 14.3 Å². The second kappa shape index (κ2) is 6.91. The molecule has 1 N–H and O–H groups in total. The summed E-state index contributed by atoms with van der Waals surface area (Å²) < 4.78 is 7.37. The van der Waals surface area contributed by atoms with Crippen LogP contribution in [0.4, 0.5) is 0 Å². The van der Waals surface area contributed by atoms with Crippen LogP contribution in [0.1, 0.15) is 49.6 Å². The van der Waals surface area contributed by atoms with Crippen LogP contribution < -0.4 is 5.32 Å². The van der Waals surface area contributed by atoms with Gasteiger partial charge in [-0.25, -0.2) is 4.98 Å². The first-order chi connectivity index (χ1) is 11.6. The van der Waals surface area contributed by atoms with Crippen LogP contribution in [0.15, 0.2) is 47.1 Å². The molecule has 0 aliphatic heterocycles. The van der Waals surface area contributed by atoms with Crippen LogP contribution >= 0.6 is 0 Å². The summed E-state index contributed by atoms with van der Waals surface area (Å²) in [6.45, 7) is 7.25. The molecule has 1 amide bonds. The van der Waals surface area contributed by atoms with Crippen molar-refractivity contribution in [2.75, 3.05) is 0 Å². The normalized spacial score (nSPS) is 12.7. The molecule has 0 fully saturated rings. The van der Waals surface area contributed by atoms with Gasteiger partial charge in [0, 0.05) is 6.54 Å². The fourth-order valence-electron chi connectivity index (χ4n) is 2.79. The molecule has 5 nitrogen and oxygen atoms in total. The van der Waals surface area contributed by atoms with Gasteiger partial charge in [-0.3, -0.25) is 4.79 Å². The van der Waals surface area contributed by atoms with Gasteiger partial charge in [-0.05, 0) is 43.5 Å². The Bertz CT molecular complexity index is 818. The Morgan fingerprint density at radius 2 is 2.00 bits per heavy atom. The van der Waals surface area contributed by atoms with Gasteiger partial charge in [-0.2, -0.15) is 0 Å². The van der Waals surface area contributed by atoms with Crippen molar-refractivity contribution in [3.05, 3.63) is 54.2 Å². The summed E-state index contributed by atoms with van der Waals surface area (Å²) >= 11 is 0. The van der Waals surface area contributed by atoms with Crippen LogP contribution in [0, 0.1) is 5.92 Å². The average molecular weight is 325 g/mol. The van der Waals surface area contributed by atoms with Gasteiger partial charge in [-0.15, -0.1) is 0 Å². The predicted octanol–water partition coefficient (Wildman–Crippen LogP) is 4.17. The molecule has 1 aromatic carbocycles. The molecule has 0 spiro atoms. The van der Waals surface area contributed by atoms with E-state index in [-0.39, 0.29) is 11.9 Å². The van der Waals surface area contributed by atoms with E-state index >= 15 is 0 Å². The molecule has 1 unspecified atom stereocenters. The predicted molar refractivity (Wildman–Crippen MR) is 93.8 cm³/mol. The molecular formula is C19H23N3O2. The Morgan fingerprint density at radius 3 is 2.71 bits per heavy atom. The number of nitrogens with one attached hydrogen (secondary N) is 1. The van der Waals surface area contributed by atoms with Gasteiger partial charge in [0.15, 0.2) is 5.76 Å². The number of hydrogen-bond donors (Lipinski definition) is 1. The summed E-state index contributed by atoms with van der Waals surface area (Å²) in [7, 11) is 0. The molecule has 0 aliphatic rings. The molecular weight excluding hydrogens is 302 g/mol. The Hall–Kier alpha value is -2.56. The maximum absolute atomic E-state index is 12.2. The average Bonchev–Trinajstić information content (AvgIpc) is 3.20. The van der Waals surface area contributed by atoms with Crippen molar-refractivity contribution >= 4 is 16.9 Å². The molecule has 5 heteroatoms. The molecule has 2 aromatic heterocycles. The number of hydrogen-bond acceptors (Lipinski definition) is 3. The largest absolute Gasteiger partial charge is 0.459 e. The van der Waals surface area contributed by atoms with Crippen LogP contribution in [0.3, 0.4) is 0 Å². The minimum atomic E-state index is -0.227. The van der Waals surface area contributed by atoms with Gasteiger partial charge in [0.05, 0.1) is 23.3 Å². The monoisotopic (exact) mass is 325 g/mol. The number of carbonyl (C=O) groups excluding carboxylic acids is 1. The summed E-state index contributed by atoms with van der Waals surface area (Å²) in [5.41, 5.74) is 2.06. The van der Waals surface area contributed by atoms with E-state index in [0.717, 1.165) is 29.8 Å². The highest BCUT2D eigenvalue weighted by atomic mass is 16.3. The van der Waals surface area contributed by atoms with Crippen molar-refractivity contribution in [1.82, 2.24) is 14.9 Å². The highest BCUT2D eigenvalue weighted by molar-refractivity contribution is 5.91. The Morgan fingerprint density at radius 1 is 1.21 bits per heavy atom. The molecule has 3 aromatic rings. The number of furan rings is 1. The zero-order chi connectivity index (χ0) is 17.1. The smallest absolute Gasteiger partial charge is 0.287 e. The summed E-state index contributed by atoms with van der Waals surface area (Å²) in [5, 5.41) is 2.97. The molecule has 24 heavy (non-hydrogen) atoms. The van der Waals surface area contributed by atoms with Gasteiger partial charge >= 0.3 is 0 Å². The third-order valence-corrected chi connectivity index (χ3v) is 4.09. The van der Waals surface area contributed by atoms with Crippen LogP contribution in [0.25, 0.3) is 11.0 Å². The van der Waals surface area contributed by atoms with E-state index in [1.807, 2.05) is 25.1 Å². The molecule has 0 bridgehead atoms. The fraction of sp³-hybridized carbons (Fsp3) is 0.368. The Labute approximate surface area is 141 Å². The fourth-order valence-corrected chi connectivity index (χ4v) is 2.79. The van der Waals surface area contributed by atoms with Crippen molar-refractivity contribution in [1.29, 1.82) is 0 Å². The lowest BCUT2D eigenvalue weighted by molar-refractivity contribution is 0.0909. The van der Waals surface area contributed by atoms with Gasteiger partial charge in [0.25, 0.3) is 5.91 Å². The van der Waals surface area contributed by atoms with Crippen LogP contribution in [-0.4, -0.2) is 15.5 Å². The summed E-state index contributed by atoms with van der Waals surface area (Å²) in [6.07, 6.45) is 2.56. The minimum absolute atomic E-state index is 0.206. The van der Waals surface area contributed by atoms with E-state index in [1.54, 1.807) is 12.1 Å². The van der Waals surface area contributed by atoms with E-state index in [2.05, 4.69) is 29.8 Å². The first kappa shape index (κ1) is 16.3. The number of rotatable bonds is 6. The van der Waals surface area contributed by atoms with E-state index in [0.29, 0.717) is 11.7 Å². The first-order valence-electron chi connectivity index (χ1n) is 8.35. The topological polar surface area (TPSA) is 60.1 Å². The molecule has 0 saturated heterocycles. The van der Waals surface area contributed by atoms with Crippen molar-refractivity contribution in [3.8, 4) is 0 Å². The number of amides is 1. The standard InChI is InChI=1S/C19H23N3O2/c1-13(2)10-11-22-16-8-5-4-7-15(16)21-18(22)14(3)20-19(23)17-9-6-12-24-17/h4-9,12-14H,10-11H2,1-3H3,(H,20,23). The third kappa shape index (κ3) is 3.35. The zero-order valence-electron chi connectivity index (χ0n) is 14.3. The summed E-state index contributed by atoms with van der Waals surface area (Å²) in [5.74, 6) is 1.56. The number of imidazole rings is 1. The molecule has 1 atom stereocenters. The van der Waals surface area contributed by atoms with Crippen molar-refractivity contribution in [3.63, 3.8) is 0 Å². The summed E-state index contributed by atoms with van der Waals surface area (Å²) in [6, 6.07) is 11.2. The second-order valence-corrected chi connectivity index (χ2v) is 6.47. The molecule has 0 radical (unpaired) electrons. The van der Waals surface area contributed by atoms with Gasteiger partial charge in [0.1, 0.15) is 5.82 Å². The van der Waals surface area contributed by atoms with Crippen LogP contribution in [0.2, 0.25) is 0 Å². The van der Waals surface area contributed by atoms with Crippen molar-refractivity contribution in [2.24, 2.45) is 5.92 Å². The SMILES string of the molecule is CC(C)CCn1c(C(C)NC(=O)c2ccco2)nc2ccccc21. The van der Waals surface area contributed by atoms with E-state index < -0.39 is 0 Å². The highest BCUT2D eigenvalue weighted by Crippen LogP contribution is 2.22. The highest BCUT2D eigenvalue weighted by Gasteiger charge is 2.20. The third-order valence-electron chi connectivity index (χ3n) is 4.09. The van der Waals surface area contributed by atoms with E-state index in [9.17, 15) is 4.79 Å². The number of fused-ring (bicyclic) bond motifs is 1. The Balaban J connectivity index is 1.89. The number of nitrogens with zero attached hydrogens (tertiary/aromatic N) is 2. The van der Waals surface area contributed by atoms with Crippen LogP contribution in [-0.2, 0) is 6.54 Å². The maximum atomic E-state index is 12.2. The first-order valence-corrected chi connectivity index (χ1v) is 8.35. The number of carbonyl (C=O) groups is 1. The zero-order valence-corrected chi connectivity index (χ0v) is 14.3. The molecule has 2 heterocycles. The molecule has 126 valence electrons. The quantitative estimate of drug-likeness (QED) is 0.740. The van der Waals surface area contributed by atoms with Crippen molar-refractivity contribution < 1.29 is 9.21 Å². The number of aryl methyl sites for hydroxylation is 1. The number of benzene rings is 1. The summed E-state index contributed by atoms with van der Waals surface area (Å²) in [4.78, 5) is 17.0. The second-order valence-electron chi connectivity index (χ2n) is 6.47. The van der Waals surface area contributed by atoms with Crippen molar-refractivity contribution in [2.45, 2.75) is 39.8 Å². The van der Waals surface area contributed by atoms with E-state index in [1.165, 1.54) is 6.26 Å². The van der Waals surface area contributed by atoms with Gasteiger partial charge in [-0.1, -0.05) is 26.0 Å². The number of para-hydroxylation sites is 2. The Kier molecular flexibility index (Phi) is 4.69. The molecule has 3 rings (SSSR count). The minimum Gasteiger partial charge on any atom is -0.459 e. The number of aromatic nitrogens is 2.